The number of nitrogens with zero attached hydrogens (tertiary/aromatic N) is 5. The van der Waals surface area contributed by atoms with Gasteiger partial charge in [0.1, 0.15) is 23.5 Å². The molecule has 1 aliphatic rings. The molecule has 1 saturated carbocycles. The van der Waals surface area contributed by atoms with Crippen LogP contribution in [0.2, 0.25) is 0 Å². The van der Waals surface area contributed by atoms with Gasteiger partial charge in [-0.2, -0.15) is 13.9 Å². The van der Waals surface area contributed by atoms with Crippen LogP contribution < -0.4 is 4.68 Å². The van der Waals surface area contributed by atoms with E-state index >= 15 is 0 Å². The SMILES string of the molecule is Cn1cnc(-c2cc3c(-c4c[n+](C5CC5(F)F)[nH]c4-c4ccc(F)cc4)ncnc3o2)c1. The molecule has 0 spiro atoms. The topological polar surface area (TPSA) is 76.4 Å². The summed E-state index contributed by atoms with van der Waals surface area (Å²) >= 11 is 0. The van der Waals surface area contributed by atoms with Gasteiger partial charge in [0.05, 0.1) is 29.4 Å². The molecule has 1 aliphatic carbocycles. The molecule has 0 amide bonds. The molecule has 32 heavy (non-hydrogen) atoms. The number of hydrogen-bond donors (Lipinski definition) is 1. The highest BCUT2D eigenvalue weighted by molar-refractivity contribution is 5.95. The molecule has 1 aromatic carbocycles. The van der Waals surface area contributed by atoms with Crippen LogP contribution in [-0.4, -0.2) is 30.5 Å². The Morgan fingerprint density at radius 2 is 1.97 bits per heavy atom. The molecule has 0 aliphatic heterocycles. The van der Waals surface area contributed by atoms with Crippen LogP contribution in [0.25, 0.3) is 45.1 Å². The number of furan rings is 1. The molecular formula is C22H16F3N6O+. The predicted octanol–water partition coefficient (Wildman–Crippen LogP) is 4.29. The standard InChI is InChI=1S/C22H15F3N6O/c1-30-9-16(28-11-30)17-6-14-20(26-10-27-21(14)32-17)15-8-31(18-7-22(18,24)25)29-19(15)12-2-4-13(23)5-3-12/h2-6,8-11,18H,7H2,1H3/p+1. The van der Waals surface area contributed by atoms with E-state index < -0.39 is 12.0 Å². The first-order valence-corrected chi connectivity index (χ1v) is 9.90. The van der Waals surface area contributed by atoms with Gasteiger partial charge in [0, 0.05) is 18.8 Å². The van der Waals surface area contributed by atoms with Crippen LogP contribution in [0.15, 0.2) is 59.8 Å². The van der Waals surface area contributed by atoms with E-state index in [4.69, 9.17) is 4.42 Å². The first-order chi connectivity index (χ1) is 15.4. The Morgan fingerprint density at radius 1 is 1.19 bits per heavy atom. The van der Waals surface area contributed by atoms with E-state index in [0.717, 1.165) is 0 Å². The zero-order valence-electron chi connectivity index (χ0n) is 16.8. The van der Waals surface area contributed by atoms with Crippen molar-refractivity contribution in [2.45, 2.75) is 18.4 Å². The summed E-state index contributed by atoms with van der Waals surface area (Å²) in [7, 11) is 1.85. The molecule has 1 atom stereocenters. The van der Waals surface area contributed by atoms with Crippen LogP contribution in [0.4, 0.5) is 13.2 Å². The molecule has 10 heteroatoms. The first kappa shape index (κ1) is 18.8. The van der Waals surface area contributed by atoms with E-state index in [1.54, 1.807) is 35.3 Å². The normalized spacial score (nSPS) is 17.2. The number of hydrogen-bond acceptors (Lipinski definition) is 4. The second kappa shape index (κ2) is 6.52. The minimum absolute atomic E-state index is 0.241. The Hall–Kier alpha value is -3.95. The lowest BCUT2D eigenvalue weighted by molar-refractivity contribution is -0.759. The van der Waals surface area contributed by atoms with Crippen molar-refractivity contribution in [2.75, 3.05) is 0 Å². The number of rotatable bonds is 4. The van der Waals surface area contributed by atoms with Gasteiger partial charge in [0.25, 0.3) is 6.04 Å². The first-order valence-electron chi connectivity index (χ1n) is 9.90. The average Bonchev–Trinajstić information content (AvgIpc) is 3.23. The average molecular weight is 437 g/mol. The number of halogens is 3. The van der Waals surface area contributed by atoms with Crippen LogP contribution in [0.3, 0.4) is 0 Å². The number of H-pyrrole nitrogens is 1. The lowest BCUT2D eigenvalue weighted by Gasteiger charge is -2.01. The van der Waals surface area contributed by atoms with E-state index in [9.17, 15) is 13.2 Å². The van der Waals surface area contributed by atoms with Crippen LogP contribution in [-0.2, 0) is 7.05 Å². The number of benzene rings is 1. The molecule has 1 unspecified atom stereocenters. The van der Waals surface area contributed by atoms with E-state index in [0.29, 0.717) is 45.1 Å². The van der Waals surface area contributed by atoms with Gasteiger partial charge >= 0.3 is 5.92 Å². The molecule has 1 N–H and O–H groups in total. The maximum absolute atomic E-state index is 13.8. The molecule has 5 aromatic rings. The number of fused-ring (bicyclic) bond motifs is 1. The molecule has 4 aromatic heterocycles. The van der Waals surface area contributed by atoms with Crippen molar-refractivity contribution in [3.63, 3.8) is 0 Å². The zero-order chi connectivity index (χ0) is 22.0. The molecule has 0 bridgehead atoms. The van der Waals surface area contributed by atoms with Crippen molar-refractivity contribution in [2.24, 2.45) is 7.05 Å². The van der Waals surface area contributed by atoms with Gasteiger partial charge in [-0.3, -0.25) is 0 Å². The van der Waals surface area contributed by atoms with Crippen molar-refractivity contribution in [3.05, 3.63) is 61.2 Å². The molecule has 160 valence electrons. The number of aromatic amines is 1. The summed E-state index contributed by atoms with van der Waals surface area (Å²) in [6.45, 7) is 0. The van der Waals surface area contributed by atoms with Crippen LogP contribution in [0.5, 0.6) is 0 Å². The minimum Gasteiger partial charge on any atom is -0.436 e. The van der Waals surface area contributed by atoms with E-state index in [-0.39, 0.29) is 12.2 Å². The van der Waals surface area contributed by atoms with Crippen LogP contribution in [0, 0.1) is 5.82 Å². The second-order valence-corrected chi connectivity index (χ2v) is 7.90. The third kappa shape index (κ3) is 2.98. The summed E-state index contributed by atoms with van der Waals surface area (Å²) in [5, 5.41) is 3.66. The Balaban J connectivity index is 1.54. The zero-order valence-corrected chi connectivity index (χ0v) is 16.8. The lowest BCUT2D eigenvalue weighted by atomic mass is 10.0. The van der Waals surface area contributed by atoms with E-state index in [1.165, 1.54) is 23.1 Å². The van der Waals surface area contributed by atoms with E-state index in [1.807, 2.05) is 13.2 Å². The van der Waals surface area contributed by atoms with Gasteiger partial charge in [0.2, 0.25) is 11.9 Å². The third-order valence-corrected chi connectivity index (χ3v) is 5.58. The molecule has 7 nitrogen and oxygen atoms in total. The lowest BCUT2D eigenvalue weighted by Crippen LogP contribution is -2.36. The summed E-state index contributed by atoms with van der Waals surface area (Å²) in [5.74, 6) is -2.64. The smallest absolute Gasteiger partial charge is 0.317 e. The highest BCUT2D eigenvalue weighted by Crippen LogP contribution is 2.49. The quantitative estimate of drug-likeness (QED) is 0.426. The van der Waals surface area contributed by atoms with Gasteiger partial charge in [-0.1, -0.05) is 0 Å². The summed E-state index contributed by atoms with van der Waals surface area (Å²) in [6.07, 6.45) is 6.20. The minimum atomic E-state index is -2.77. The summed E-state index contributed by atoms with van der Waals surface area (Å²) in [4.78, 5) is 12.9. The number of nitrogens with one attached hydrogen (secondary N) is 1. The fourth-order valence-electron chi connectivity index (χ4n) is 3.85. The monoisotopic (exact) mass is 437 g/mol. The molecule has 0 saturated heterocycles. The van der Waals surface area contributed by atoms with Gasteiger partial charge in [0.15, 0.2) is 5.76 Å². The van der Waals surface area contributed by atoms with Crippen molar-refractivity contribution in [3.8, 4) is 34.0 Å². The number of imidazole rings is 1. The Morgan fingerprint density at radius 3 is 2.66 bits per heavy atom. The molecule has 6 rings (SSSR count). The molecular weight excluding hydrogens is 421 g/mol. The highest BCUT2D eigenvalue weighted by atomic mass is 19.3. The van der Waals surface area contributed by atoms with Crippen molar-refractivity contribution in [1.29, 1.82) is 0 Å². The maximum atomic E-state index is 13.8. The number of aryl methyl sites for hydroxylation is 1. The fraction of sp³-hybridized carbons (Fsp3) is 0.182. The Bertz CT molecular complexity index is 1470. The maximum Gasteiger partial charge on any atom is 0.317 e. The molecule has 0 radical (unpaired) electrons. The van der Waals surface area contributed by atoms with Crippen molar-refractivity contribution in [1.82, 2.24) is 24.6 Å². The van der Waals surface area contributed by atoms with E-state index in [2.05, 4.69) is 20.1 Å². The fourth-order valence-corrected chi connectivity index (χ4v) is 3.85. The highest BCUT2D eigenvalue weighted by Gasteiger charge is 2.66. The van der Waals surface area contributed by atoms with Crippen molar-refractivity contribution >= 4 is 11.1 Å². The Labute approximate surface area is 179 Å². The number of aromatic nitrogens is 6. The van der Waals surface area contributed by atoms with Crippen LogP contribution >= 0.6 is 0 Å². The third-order valence-electron chi connectivity index (χ3n) is 5.58. The van der Waals surface area contributed by atoms with Crippen LogP contribution in [0.1, 0.15) is 12.5 Å². The van der Waals surface area contributed by atoms with Gasteiger partial charge < -0.3 is 8.98 Å². The summed E-state index contributed by atoms with van der Waals surface area (Å²) < 4.78 is 50.1. The van der Waals surface area contributed by atoms with Crippen molar-refractivity contribution < 1.29 is 22.3 Å². The summed E-state index contributed by atoms with van der Waals surface area (Å²) in [5.41, 5.74) is 3.28. The molecule has 4 heterocycles. The predicted molar refractivity (Wildman–Crippen MR) is 108 cm³/mol. The van der Waals surface area contributed by atoms with Gasteiger partial charge in [-0.25, -0.2) is 19.3 Å². The summed E-state index contributed by atoms with van der Waals surface area (Å²) in [6, 6.07) is 6.65. The number of alkyl halides is 2. The van der Waals surface area contributed by atoms with Gasteiger partial charge in [-0.15, -0.1) is 4.68 Å². The van der Waals surface area contributed by atoms with Gasteiger partial charge in [-0.05, 0) is 30.3 Å². The Kier molecular flexibility index (Phi) is 3.83. The largest absolute Gasteiger partial charge is 0.436 e. The second-order valence-electron chi connectivity index (χ2n) is 7.90. The molecule has 1 fully saturated rings.